The Labute approximate surface area is 202 Å². The van der Waals surface area contributed by atoms with Crippen LogP contribution in [0, 0.1) is 5.92 Å². The molecular formula is C26H35ClN4O2. The van der Waals surface area contributed by atoms with Crippen molar-refractivity contribution in [1.82, 2.24) is 20.4 Å². The highest BCUT2D eigenvalue weighted by Gasteiger charge is 2.22. The Morgan fingerprint density at radius 1 is 0.939 bits per heavy atom. The van der Waals surface area contributed by atoms with Gasteiger partial charge in [0.05, 0.1) is 0 Å². The van der Waals surface area contributed by atoms with Gasteiger partial charge in [-0.05, 0) is 54.8 Å². The molecule has 0 aromatic heterocycles. The summed E-state index contributed by atoms with van der Waals surface area (Å²) in [5.41, 5.74) is 2.80. The lowest BCUT2D eigenvalue weighted by atomic mass is 10.0. The van der Waals surface area contributed by atoms with E-state index in [2.05, 4.69) is 51.7 Å². The topological polar surface area (TPSA) is 64.7 Å². The average molecular weight is 471 g/mol. The minimum Gasteiger partial charge on any atom is -0.350 e. The summed E-state index contributed by atoms with van der Waals surface area (Å²) in [6, 6.07) is 14.5. The summed E-state index contributed by atoms with van der Waals surface area (Å²) in [4.78, 5) is 30.3. The molecule has 0 spiro atoms. The highest BCUT2D eigenvalue weighted by Crippen LogP contribution is 2.12. The molecule has 2 aromatic rings. The van der Waals surface area contributed by atoms with Crippen LogP contribution in [0.3, 0.4) is 0 Å². The molecule has 0 aliphatic carbocycles. The Bertz CT molecular complexity index is 907. The summed E-state index contributed by atoms with van der Waals surface area (Å²) in [5, 5.41) is 6.43. The highest BCUT2D eigenvalue weighted by atomic mass is 35.5. The standard InChI is InChI=1S/C26H35ClN4O2/c1-19(2)16-24(29-25(32)22-8-10-23(27)11-9-22)26(33)28-17-20-4-6-21(7-5-20)18-31-14-12-30(3)13-15-31/h4-11,19,24H,12-18H2,1-3H3,(H,28,33)(H,29,32). The summed E-state index contributed by atoms with van der Waals surface area (Å²) in [6.07, 6.45) is 0.565. The Morgan fingerprint density at radius 3 is 2.15 bits per heavy atom. The zero-order valence-corrected chi connectivity index (χ0v) is 20.6. The molecule has 7 heteroatoms. The molecule has 0 radical (unpaired) electrons. The number of halogens is 1. The van der Waals surface area contributed by atoms with E-state index >= 15 is 0 Å². The molecule has 178 valence electrons. The van der Waals surface area contributed by atoms with Crippen LogP contribution in [0.25, 0.3) is 0 Å². The summed E-state index contributed by atoms with van der Waals surface area (Å²) in [7, 11) is 2.16. The van der Waals surface area contributed by atoms with Crippen molar-refractivity contribution in [2.75, 3.05) is 33.2 Å². The number of rotatable bonds is 9. The SMILES string of the molecule is CC(C)CC(NC(=O)c1ccc(Cl)cc1)C(=O)NCc1ccc(CN2CCN(C)CC2)cc1. The van der Waals surface area contributed by atoms with Crippen molar-refractivity contribution in [3.63, 3.8) is 0 Å². The number of likely N-dealkylation sites (N-methyl/N-ethyl adjacent to an activating group) is 1. The lowest BCUT2D eigenvalue weighted by molar-refractivity contribution is -0.123. The van der Waals surface area contributed by atoms with Crippen molar-refractivity contribution >= 4 is 23.4 Å². The molecule has 1 aliphatic heterocycles. The third-order valence-electron chi connectivity index (χ3n) is 5.93. The van der Waals surface area contributed by atoms with Gasteiger partial charge in [-0.3, -0.25) is 14.5 Å². The second kappa shape index (κ2) is 12.2. The third kappa shape index (κ3) is 8.14. The molecule has 6 nitrogen and oxygen atoms in total. The fourth-order valence-corrected chi connectivity index (χ4v) is 4.01. The molecule has 2 aromatic carbocycles. The lowest BCUT2D eigenvalue weighted by Crippen LogP contribution is -2.47. The molecule has 0 saturated carbocycles. The maximum absolute atomic E-state index is 12.9. The van der Waals surface area contributed by atoms with Gasteiger partial charge in [-0.2, -0.15) is 0 Å². The zero-order chi connectivity index (χ0) is 23.8. The Morgan fingerprint density at radius 2 is 1.55 bits per heavy atom. The van der Waals surface area contributed by atoms with Crippen LogP contribution < -0.4 is 10.6 Å². The van der Waals surface area contributed by atoms with Gasteiger partial charge in [-0.15, -0.1) is 0 Å². The van der Waals surface area contributed by atoms with E-state index in [0.717, 1.165) is 38.3 Å². The molecule has 1 heterocycles. The molecule has 1 atom stereocenters. The summed E-state index contributed by atoms with van der Waals surface area (Å²) < 4.78 is 0. The summed E-state index contributed by atoms with van der Waals surface area (Å²) in [6.45, 7) is 9.85. The number of nitrogens with one attached hydrogen (secondary N) is 2. The number of piperazine rings is 1. The maximum Gasteiger partial charge on any atom is 0.251 e. The van der Waals surface area contributed by atoms with E-state index in [0.29, 0.717) is 23.6 Å². The van der Waals surface area contributed by atoms with Gasteiger partial charge in [-0.25, -0.2) is 0 Å². The van der Waals surface area contributed by atoms with Crippen molar-refractivity contribution in [1.29, 1.82) is 0 Å². The molecule has 1 unspecified atom stereocenters. The van der Waals surface area contributed by atoms with Gasteiger partial charge in [0.15, 0.2) is 0 Å². The molecule has 3 rings (SSSR count). The van der Waals surface area contributed by atoms with Crippen LogP contribution in [0.5, 0.6) is 0 Å². The van der Waals surface area contributed by atoms with E-state index in [1.165, 1.54) is 5.56 Å². The van der Waals surface area contributed by atoms with Crippen molar-refractivity contribution in [3.05, 3.63) is 70.2 Å². The highest BCUT2D eigenvalue weighted by molar-refractivity contribution is 6.30. The van der Waals surface area contributed by atoms with Gasteiger partial charge in [0.1, 0.15) is 6.04 Å². The van der Waals surface area contributed by atoms with E-state index in [4.69, 9.17) is 11.6 Å². The number of amides is 2. The Balaban J connectivity index is 1.52. The van der Waals surface area contributed by atoms with Gasteiger partial charge in [0, 0.05) is 49.9 Å². The van der Waals surface area contributed by atoms with Gasteiger partial charge in [0.25, 0.3) is 5.91 Å². The molecule has 2 amide bonds. The van der Waals surface area contributed by atoms with E-state index in [1.807, 2.05) is 13.8 Å². The largest absolute Gasteiger partial charge is 0.350 e. The van der Waals surface area contributed by atoms with Crippen LogP contribution in [-0.4, -0.2) is 60.9 Å². The molecule has 1 saturated heterocycles. The molecule has 2 N–H and O–H groups in total. The van der Waals surface area contributed by atoms with Crippen LogP contribution in [0.1, 0.15) is 41.8 Å². The number of carbonyl (C=O) groups excluding carboxylic acids is 2. The van der Waals surface area contributed by atoms with Crippen molar-refractivity contribution in [2.24, 2.45) is 5.92 Å². The number of hydrogen-bond acceptors (Lipinski definition) is 4. The van der Waals surface area contributed by atoms with Gasteiger partial charge >= 0.3 is 0 Å². The Hall–Kier alpha value is -2.41. The van der Waals surface area contributed by atoms with Gasteiger partial charge < -0.3 is 15.5 Å². The van der Waals surface area contributed by atoms with Crippen LogP contribution >= 0.6 is 11.6 Å². The molecule has 1 fully saturated rings. The van der Waals surface area contributed by atoms with Crippen LogP contribution in [0.2, 0.25) is 5.02 Å². The molecule has 33 heavy (non-hydrogen) atoms. The van der Waals surface area contributed by atoms with Gasteiger partial charge in [-0.1, -0.05) is 49.7 Å². The second-order valence-corrected chi connectivity index (χ2v) is 9.71. The fourth-order valence-electron chi connectivity index (χ4n) is 3.88. The monoisotopic (exact) mass is 470 g/mol. The maximum atomic E-state index is 12.9. The summed E-state index contributed by atoms with van der Waals surface area (Å²) in [5.74, 6) is -0.187. The predicted octanol–water partition coefficient (Wildman–Crippen LogP) is 3.55. The normalized spacial score (nSPS) is 15.9. The average Bonchev–Trinajstić information content (AvgIpc) is 2.79. The van der Waals surface area contributed by atoms with E-state index < -0.39 is 6.04 Å². The minimum atomic E-state index is -0.593. The zero-order valence-electron chi connectivity index (χ0n) is 19.8. The van der Waals surface area contributed by atoms with Gasteiger partial charge in [0.2, 0.25) is 5.91 Å². The first-order valence-corrected chi connectivity index (χ1v) is 12.0. The van der Waals surface area contributed by atoms with E-state index in [-0.39, 0.29) is 17.7 Å². The van der Waals surface area contributed by atoms with E-state index in [9.17, 15) is 9.59 Å². The molecular weight excluding hydrogens is 436 g/mol. The van der Waals surface area contributed by atoms with Crippen molar-refractivity contribution in [3.8, 4) is 0 Å². The van der Waals surface area contributed by atoms with Crippen LogP contribution in [0.4, 0.5) is 0 Å². The fraction of sp³-hybridized carbons (Fsp3) is 0.462. The van der Waals surface area contributed by atoms with Crippen LogP contribution in [-0.2, 0) is 17.9 Å². The first kappa shape index (κ1) is 25.2. The summed E-state index contributed by atoms with van der Waals surface area (Å²) >= 11 is 5.90. The number of carbonyl (C=O) groups is 2. The van der Waals surface area contributed by atoms with Crippen LogP contribution in [0.15, 0.2) is 48.5 Å². The van der Waals surface area contributed by atoms with E-state index in [1.54, 1.807) is 24.3 Å². The third-order valence-corrected chi connectivity index (χ3v) is 6.18. The van der Waals surface area contributed by atoms with Crippen molar-refractivity contribution < 1.29 is 9.59 Å². The minimum absolute atomic E-state index is 0.174. The number of hydrogen-bond donors (Lipinski definition) is 2. The Kier molecular flexibility index (Phi) is 9.30. The van der Waals surface area contributed by atoms with Crippen molar-refractivity contribution in [2.45, 2.75) is 39.4 Å². The number of benzene rings is 2. The second-order valence-electron chi connectivity index (χ2n) is 9.28. The smallest absolute Gasteiger partial charge is 0.251 e. The number of nitrogens with zero attached hydrogens (tertiary/aromatic N) is 2. The first-order chi connectivity index (χ1) is 15.8. The molecule has 0 bridgehead atoms. The quantitative estimate of drug-likeness (QED) is 0.588. The lowest BCUT2D eigenvalue weighted by Gasteiger charge is -2.32. The molecule has 1 aliphatic rings. The predicted molar refractivity (Wildman–Crippen MR) is 133 cm³/mol. The first-order valence-electron chi connectivity index (χ1n) is 11.6.